The average molecular weight is 312 g/mol. The first-order chi connectivity index (χ1) is 9.61. The van der Waals surface area contributed by atoms with Crippen molar-refractivity contribution in [3.8, 4) is 5.75 Å². The molecule has 2 aromatic carbocycles. The molecule has 0 aliphatic carbocycles. The second-order valence-electron chi connectivity index (χ2n) is 3.83. The van der Waals surface area contributed by atoms with Crippen LogP contribution in [0.3, 0.4) is 0 Å². The van der Waals surface area contributed by atoms with Crippen molar-refractivity contribution >= 4 is 36.5 Å². The Labute approximate surface area is 121 Å². The quantitative estimate of drug-likeness (QED) is 0.639. The van der Waals surface area contributed by atoms with E-state index >= 15 is 0 Å². The van der Waals surface area contributed by atoms with Crippen molar-refractivity contribution in [1.82, 2.24) is 0 Å². The van der Waals surface area contributed by atoms with Gasteiger partial charge in [-0.15, -0.1) is 0 Å². The molecular weight excluding hydrogens is 301 g/mol. The molecule has 20 heavy (non-hydrogen) atoms. The molecule has 0 aromatic heterocycles. The monoisotopic (exact) mass is 311 g/mol. The zero-order valence-corrected chi connectivity index (χ0v) is 12.2. The van der Waals surface area contributed by atoms with Crippen LogP contribution in [0.25, 0.3) is 10.8 Å². The van der Waals surface area contributed by atoms with Crippen LogP contribution in [0, 0.1) is 0 Å². The summed E-state index contributed by atoms with van der Waals surface area (Å²) in [4.78, 5) is 30.2. The summed E-state index contributed by atoms with van der Waals surface area (Å²) < 4.78 is 5.19. The van der Waals surface area contributed by atoms with Crippen LogP contribution in [0.15, 0.2) is 41.3 Å². The molecule has 2 aromatic rings. The SMILES string of the molecule is CCC(=O)ON=[P+]([O-])Oc1c(Cl)ccc2ccccc12. The third kappa shape index (κ3) is 3.45. The van der Waals surface area contributed by atoms with Crippen molar-refractivity contribution in [1.29, 1.82) is 0 Å². The lowest BCUT2D eigenvalue weighted by atomic mass is 10.1. The van der Waals surface area contributed by atoms with Crippen LogP contribution in [-0.4, -0.2) is 5.97 Å². The van der Waals surface area contributed by atoms with Crippen molar-refractivity contribution < 1.29 is 19.0 Å². The van der Waals surface area contributed by atoms with Crippen molar-refractivity contribution in [3.63, 3.8) is 0 Å². The summed E-state index contributed by atoms with van der Waals surface area (Å²) >= 11 is 6.03. The normalized spacial score (nSPS) is 11.4. The Morgan fingerprint density at radius 3 is 2.85 bits per heavy atom. The fourth-order valence-electron chi connectivity index (χ4n) is 1.55. The third-order valence-corrected chi connectivity index (χ3v) is 3.35. The summed E-state index contributed by atoms with van der Waals surface area (Å²) in [7, 11) is -2.54. The Morgan fingerprint density at radius 2 is 2.10 bits per heavy atom. The first kappa shape index (κ1) is 14.7. The Hall–Kier alpha value is -1.68. The maximum absolute atomic E-state index is 11.7. The van der Waals surface area contributed by atoms with Crippen LogP contribution in [-0.2, 0) is 9.63 Å². The van der Waals surface area contributed by atoms with Gasteiger partial charge in [-0.1, -0.05) is 48.9 Å². The average Bonchev–Trinajstić information content (AvgIpc) is 2.47. The molecule has 0 fully saturated rings. The van der Waals surface area contributed by atoms with Crippen LogP contribution in [0.4, 0.5) is 0 Å². The molecule has 5 nitrogen and oxygen atoms in total. The van der Waals surface area contributed by atoms with E-state index in [1.54, 1.807) is 19.1 Å². The standard InChI is InChI=1S/C13H11ClNO4P/c1-2-12(16)18-15-20(17)19-13-10-6-4-3-5-9(10)7-8-11(13)14/h3-8H,2H2,1H3. The smallest absolute Gasteiger partial charge is 0.439 e. The number of rotatable bonds is 4. The van der Waals surface area contributed by atoms with Crippen molar-refractivity contribution in [2.24, 2.45) is 4.91 Å². The Balaban J connectivity index is 2.29. The highest BCUT2D eigenvalue weighted by Crippen LogP contribution is 2.37. The lowest BCUT2D eigenvalue weighted by Gasteiger charge is -2.05. The molecule has 0 aliphatic rings. The van der Waals surface area contributed by atoms with Gasteiger partial charge in [-0.3, -0.25) is 9.36 Å². The number of fused-ring (bicyclic) bond motifs is 1. The highest BCUT2D eigenvalue weighted by molar-refractivity contribution is 7.33. The number of hydrogen-bond acceptors (Lipinski definition) is 5. The minimum absolute atomic E-state index is 0.141. The molecule has 1 unspecified atom stereocenters. The van der Waals surface area contributed by atoms with Crippen LogP contribution >= 0.6 is 19.8 Å². The molecule has 0 saturated carbocycles. The maximum atomic E-state index is 11.7. The number of nitrogens with zero attached hydrogens (tertiary/aromatic N) is 1. The molecule has 0 radical (unpaired) electrons. The fourth-order valence-corrected chi connectivity index (χ4v) is 2.35. The van der Waals surface area contributed by atoms with Gasteiger partial charge in [-0.25, -0.2) is 4.79 Å². The largest absolute Gasteiger partial charge is 0.573 e. The van der Waals surface area contributed by atoms with E-state index in [1.807, 2.05) is 24.3 Å². The molecule has 0 heterocycles. The second-order valence-corrected chi connectivity index (χ2v) is 5.05. The molecule has 0 N–H and O–H groups in total. The van der Waals surface area contributed by atoms with E-state index in [9.17, 15) is 9.69 Å². The second kappa shape index (κ2) is 6.66. The minimum Gasteiger partial charge on any atom is -0.573 e. The van der Waals surface area contributed by atoms with Crippen molar-refractivity contribution in [2.75, 3.05) is 0 Å². The number of carbonyl (C=O) groups is 1. The first-order valence-electron chi connectivity index (χ1n) is 5.85. The van der Waals surface area contributed by atoms with Crippen molar-refractivity contribution in [2.45, 2.75) is 13.3 Å². The van der Waals surface area contributed by atoms with E-state index < -0.39 is 14.1 Å². The van der Waals surface area contributed by atoms with E-state index in [0.29, 0.717) is 10.4 Å². The summed E-state index contributed by atoms with van der Waals surface area (Å²) in [5, 5.41) is 1.91. The van der Waals surface area contributed by atoms with E-state index in [4.69, 9.17) is 16.1 Å². The molecule has 7 heteroatoms. The lowest BCUT2D eigenvalue weighted by Crippen LogP contribution is -2.00. The van der Waals surface area contributed by atoms with E-state index in [0.717, 1.165) is 5.39 Å². The van der Waals surface area contributed by atoms with Crippen LogP contribution in [0.2, 0.25) is 5.02 Å². The zero-order chi connectivity index (χ0) is 14.5. The summed E-state index contributed by atoms with van der Waals surface area (Å²) in [5.41, 5.74) is 0. The van der Waals surface area contributed by atoms with Gasteiger partial charge < -0.3 is 4.89 Å². The molecule has 0 spiro atoms. The maximum Gasteiger partial charge on any atom is 0.439 e. The Kier molecular flexibility index (Phi) is 4.90. The predicted molar refractivity (Wildman–Crippen MR) is 75.3 cm³/mol. The van der Waals surface area contributed by atoms with Gasteiger partial charge in [0.2, 0.25) is 5.75 Å². The summed E-state index contributed by atoms with van der Waals surface area (Å²) in [6.45, 7) is 1.60. The molecule has 0 bridgehead atoms. The van der Waals surface area contributed by atoms with Gasteiger partial charge in [0.25, 0.3) is 0 Å². The lowest BCUT2D eigenvalue weighted by molar-refractivity contribution is -0.174. The van der Waals surface area contributed by atoms with Gasteiger partial charge in [0, 0.05) is 11.8 Å². The third-order valence-electron chi connectivity index (χ3n) is 2.50. The molecule has 104 valence electrons. The van der Waals surface area contributed by atoms with E-state index in [1.165, 1.54) is 0 Å². The molecule has 1 atom stereocenters. The number of hydrogen-bond donors (Lipinski definition) is 0. The van der Waals surface area contributed by atoms with Gasteiger partial charge >= 0.3 is 14.1 Å². The Morgan fingerprint density at radius 1 is 1.35 bits per heavy atom. The molecule has 0 aliphatic heterocycles. The van der Waals surface area contributed by atoms with Crippen LogP contribution < -0.4 is 9.42 Å². The van der Waals surface area contributed by atoms with Crippen LogP contribution in [0.5, 0.6) is 5.75 Å². The number of benzene rings is 2. The summed E-state index contributed by atoms with van der Waals surface area (Å²) in [6, 6.07) is 10.8. The number of halogens is 1. The van der Waals surface area contributed by atoms with E-state index in [2.05, 4.69) is 9.75 Å². The summed E-state index contributed by atoms with van der Waals surface area (Å²) in [5.74, 6) is -0.330. The zero-order valence-electron chi connectivity index (χ0n) is 10.6. The minimum atomic E-state index is -2.54. The first-order valence-corrected chi connectivity index (χ1v) is 7.36. The molecule has 0 amide bonds. The van der Waals surface area contributed by atoms with E-state index in [-0.39, 0.29) is 12.2 Å². The topological polar surface area (TPSA) is 71.0 Å². The Bertz CT molecular complexity index is 674. The van der Waals surface area contributed by atoms with Crippen molar-refractivity contribution in [3.05, 3.63) is 41.4 Å². The highest BCUT2D eigenvalue weighted by Gasteiger charge is 2.14. The van der Waals surface area contributed by atoms with Gasteiger partial charge in [-0.2, -0.15) is 0 Å². The van der Waals surface area contributed by atoms with Gasteiger partial charge in [0.15, 0.2) is 4.91 Å². The molecule has 0 saturated heterocycles. The van der Waals surface area contributed by atoms with Gasteiger partial charge in [0.05, 0.1) is 5.02 Å². The predicted octanol–water partition coefficient (Wildman–Crippen LogP) is 3.60. The molecule has 2 rings (SSSR count). The van der Waals surface area contributed by atoms with Gasteiger partial charge in [-0.05, 0) is 11.5 Å². The fraction of sp³-hybridized carbons (Fsp3) is 0.154. The van der Waals surface area contributed by atoms with Gasteiger partial charge in [0.1, 0.15) is 0 Å². The summed E-state index contributed by atoms with van der Waals surface area (Å²) in [6.07, 6.45) is 0.141. The molecular formula is C13H11ClNO4P. The van der Waals surface area contributed by atoms with Crippen LogP contribution in [0.1, 0.15) is 13.3 Å². The highest BCUT2D eigenvalue weighted by atomic mass is 35.5. The number of carbonyl (C=O) groups excluding carboxylic acids is 1.